The Hall–Kier alpha value is -0.910. The summed E-state index contributed by atoms with van der Waals surface area (Å²) in [4.78, 5) is 5.30. The Morgan fingerprint density at radius 2 is 2.29 bits per heavy atom. The number of rotatable bonds is 4. The lowest BCUT2D eigenvalue weighted by molar-refractivity contribution is 0.594. The highest BCUT2D eigenvalue weighted by molar-refractivity contribution is 8.01. The van der Waals surface area contributed by atoms with Gasteiger partial charge in [0, 0.05) is 28.1 Å². The molecule has 0 unspecified atom stereocenters. The minimum absolute atomic E-state index is 0.169. The molecule has 1 N–H and O–H groups in total. The number of halogens is 1. The molecular weight excluding hydrogens is 255 g/mol. The van der Waals surface area contributed by atoms with Gasteiger partial charge >= 0.3 is 0 Å². The van der Waals surface area contributed by atoms with E-state index in [1.165, 1.54) is 17.8 Å². The van der Waals surface area contributed by atoms with E-state index in [0.29, 0.717) is 12.1 Å². The highest BCUT2D eigenvalue weighted by atomic mass is 32.2. The van der Waals surface area contributed by atoms with Crippen LogP contribution in [-0.2, 0) is 6.54 Å². The third-order valence-electron chi connectivity index (χ3n) is 2.22. The molecule has 0 atom stereocenters. The van der Waals surface area contributed by atoms with Crippen LogP contribution in [0.4, 0.5) is 4.39 Å². The van der Waals surface area contributed by atoms with Crippen molar-refractivity contribution in [2.45, 2.75) is 22.7 Å². The Morgan fingerprint density at radius 3 is 2.94 bits per heavy atom. The third-order valence-corrected chi connectivity index (χ3v) is 4.38. The van der Waals surface area contributed by atoms with Crippen molar-refractivity contribution in [1.29, 1.82) is 0 Å². The molecule has 1 aromatic heterocycles. The minimum atomic E-state index is -0.169. The van der Waals surface area contributed by atoms with Crippen molar-refractivity contribution in [1.82, 2.24) is 10.3 Å². The molecule has 1 aromatic carbocycles. The van der Waals surface area contributed by atoms with Crippen LogP contribution in [0.2, 0.25) is 0 Å². The lowest BCUT2D eigenvalue weighted by Gasteiger charge is -2.08. The molecule has 2 nitrogen and oxygen atoms in total. The molecule has 0 aliphatic rings. The van der Waals surface area contributed by atoms with Crippen molar-refractivity contribution in [2.24, 2.45) is 0 Å². The van der Waals surface area contributed by atoms with E-state index in [1.807, 2.05) is 25.4 Å². The lowest BCUT2D eigenvalue weighted by Crippen LogP contribution is -2.08. The first-order valence-electron chi connectivity index (χ1n) is 5.22. The first-order chi connectivity index (χ1) is 8.20. The molecule has 90 valence electrons. The standard InChI is InChI=1S/C12H13FN2S2/c1-8-7-16-12(15-8)17-11-5-3-4-10(13)9(11)6-14-2/h3-5,7,14H,6H2,1-2H3. The van der Waals surface area contributed by atoms with Gasteiger partial charge in [0.2, 0.25) is 0 Å². The minimum Gasteiger partial charge on any atom is -0.316 e. The number of nitrogens with one attached hydrogen (secondary N) is 1. The lowest BCUT2D eigenvalue weighted by atomic mass is 10.2. The fourth-order valence-corrected chi connectivity index (χ4v) is 3.40. The number of aryl methyl sites for hydroxylation is 1. The molecule has 17 heavy (non-hydrogen) atoms. The Kier molecular flexibility index (Phi) is 4.15. The van der Waals surface area contributed by atoms with Crippen LogP contribution < -0.4 is 5.32 Å². The fourth-order valence-electron chi connectivity index (χ4n) is 1.46. The number of thiazole rings is 1. The predicted octanol–water partition coefficient (Wildman–Crippen LogP) is 3.46. The van der Waals surface area contributed by atoms with Gasteiger partial charge in [-0.05, 0) is 26.1 Å². The second kappa shape index (κ2) is 5.62. The van der Waals surface area contributed by atoms with E-state index in [4.69, 9.17) is 0 Å². The second-order valence-electron chi connectivity index (χ2n) is 3.60. The Labute approximate surface area is 108 Å². The number of hydrogen-bond acceptors (Lipinski definition) is 4. The summed E-state index contributed by atoms with van der Waals surface area (Å²) in [6.45, 7) is 2.49. The summed E-state index contributed by atoms with van der Waals surface area (Å²) in [6.07, 6.45) is 0. The van der Waals surface area contributed by atoms with Gasteiger partial charge in [-0.15, -0.1) is 11.3 Å². The normalized spacial score (nSPS) is 10.8. The summed E-state index contributed by atoms with van der Waals surface area (Å²) >= 11 is 3.10. The van der Waals surface area contributed by atoms with Crippen molar-refractivity contribution in [3.8, 4) is 0 Å². The van der Waals surface area contributed by atoms with Gasteiger partial charge in [0.15, 0.2) is 4.34 Å². The zero-order chi connectivity index (χ0) is 12.3. The van der Waals surface area contributed by atoms with E-state index in [9.17, 15) is 4.39 Å². The molecule has 0 bridgehead atoms. The number of nitrogens with zero attached hydrogens (tertiary/aromatic N) is 1. The van der Waals surface area contributed by atoms with Gasteiger partial charge in [-0.1, -0.05) is 17.8 Å². The molecule has 0 saturated heterocycles. The second-order valence-corrected chi connectivity index (χ2v) is 5.75. The van der Waals surface area contributed by atoms with Gasteiger partial charge in [0.25, 0.3) is 0 Å². The summed E-state index contributed by atoms with van der Waals surface area (Å²) < 4.78 is 14.6. The van der Waals surface area contributed by atoms with Crippen molar-refractivity contribution < 1.29 is 4.39 Å². The van der Waals surface area contributed by atoms with Crippen LogP contribution in [0.3, 0.4) is 0 Å². The maximum atomic E-state index is 13.7. The molecule has 2 aromatic rings. The van der Waals surface area contributed by atoms with Gasteiger partial charge in [0.1, 0.15) is 5.82 Å². The van der Waals surface area contributed by atoms with Crippen LogP contribution in [0.25, 0.3) is 0 Å². The molecule has 0 spiro atoms. The highest BCUT2D eigenvalue weighted by Gasteiger charge is 2.10. The molecule has 1 heterocycles. The van der Waals surface area contributed by atoms with Crippen LogP contribution in [0.5, 0.6) is 0 Å². The molecule has 0 fully saturated rings. The van der Waals surface area contributed by atoms with Crippen molar-refractivity contribution in [3.05, 3.63) is 40.7 Å². The largest absolute Gasteiger partial charge is 0.316 e. The molecule has 0 radical (unpaired) electrons. The SMILES string of the molecule is CNCc1c(F)cccc1Sc1nc(C)cs1. The summed E-state index contributed by atoms with van der Waals surface area (Å²) in [5, 5.41) is 4.99. The Balaban J connectivity index is 2.28. The third kappa shape index (κ3) is 3.06. The van der Waals surface area contributed by atoms with E-state index < -0.39 is 0 Å². The van der Waals surface area contributed by atoms with Crippen LogP contribution in [-0.4, -0.2) is 12.0 Å². The zero-order valence-electron chi connectivity index (χ0n) is 9.66. The van der Waals surface area contributed by atoms with Crippen molar-refractivity contribution >= 4 is 23.1 Å². The first-order valence-corrected chi connectivity index (χ1v) is 6.92. The van der Waals surface area contributed by atoms with E-state index in [0.717, 1.165) is 14.9 Å². The van der Waals surface area contributed by atoms with Crippen LogP contribution >= 0.6 is 23.1 Å². The van der Waals surface area contributed by atoms with Crippen LogP contribution in [0, 0.1) is 12.7 Å². The molecule has 0 aliphatic heterocycles. The summed E-state index contributed by atoms with van der Waals surface area (Å²) in [7, 11) is 1.81. The van der Waals surface area contributed by atoms with Crippen molar-refractivity contribution in [2.75, 3.05) is 7.05 Å². The van der Waals surface area contributed by atoms with Crippen LogP contribution in [0.15, 0.2) is 32.8 Å². The average molecular weight is 268 g/mol. The molecule has 0 amide bonds. The quantitative estimate of drug-likeness (QED) is 0.919. The summed E-state index contributed by atoms with van der Waals surface area (Å²) in [5.74, 6) is -0.169. The van der Waals surface area contributed by atoms with Gasteiger partial charge in [-0.25, -0.2) is 9.37 Å². The number of aromatic nitrogens is 1. The summed E-state index contributed by atoms with van der Waals surface area (Å²) in [6, 6.07) is 5.15. The zero-order valence-corrected chi connectivity index (χ0v) is 11.3. The van der Waals surface area contributed by atoms with Gasteiger partial charge < -0.3 is 5.32 Å². The topological polar surface area (TPSA) is 24.9 Å². The Bertz CT molecular complexity index is 511. The smallest absolute Gasteiger partial charge is 0.154 e. The van der Waals surface area contributed by atoms with E-state index >= 15 is 0 Å². The molecule has 0 aliphatic carbocycles. The van der Waals surface area contributed by atoms with E-state index in [2.05, 4.69) is 10.3 Å². The maximum absolute atomic E-state index is 13.7. The van der Waals surface area contributed by atoms with E-state index in [1.54, 1.807) is 17.4 Å². The van der Waals surface area contributed by atoms with Gasteiger partial charge in [0.05, 0.1) is 0 Å². The van der Waals surface area contributed by atoms with Crippen molar-refractivity contribution in [3.63, 3.8) is 0 Å². The number of hydrogen-bond donors (Lipinski definition) is 1. The van der Waals surface area contributed by atoms with E-state index in [-0.39, 0.29) is 5.82 Å². The van der Waals surface area contributed by atoms with Crippen LogP contribution in [0.1, 0.15) is 11.3 Å². The van der Waals surface area contributed by atoms with Gasteiger partial charge in [-0.3, -0.25) is 0 Å². The molecule has 5 heteroatoms. The number of benzene rings is 1. The fraction of sp³-hybridized carbons (Fsp3) is 0.250. The summed E-state index contributed by atoms with van der Waals surface area (Å²) in [5.41, 5.74) is 1.71. The van der Waals surface area contributed by atoms with Gasteiger partial charge in [-0.2, -0.15) is 0 Å². The maximum Gasteiger partial charge on any atom is 0.154 e. The molecule has 2 rings (SSSR count). The highest BCUT2D eigenvalue weighted by Crippen LogP contribution is 2.33. The average Bonchev–Trinajstić information content (AvgIpc) is 2.69. The Morgan fingerprint density at radius 1 is 1.47 bits per heavy atom. The predicted molar refractivity (Wildman–Crippen MR) is 70.1 cm³/mol. The molecule has 0 saturated carbocycles. The molecular formula is C12H13FN2S2. The first kappa shape index (κ1) is 12.5. The monoisotopic (exact) mass is 268 g/mol.